The average molecular weight is 317 g/mol. The number of nitrogens with zero attached hydrogens (tertiary/aromatic N) is 1. The molecule has 24 heavy (non-hydrogen) atoms. The van der Waals surface area contributed by atoms with Crippen LogP contribution in [-0.4, -0.2) is 4.98 Å². The third-order valence-corrected chi connectivity index (χ3v) is 5.63. The molecule has 2 atom stereocenters. The summed E-state index contributed by atoms with van der Waals surface area (Å²) in [5, 5.41) is 2.51. The summed E-state index contributed by atoms with van der Waals surface area (Å²) in [6.07, 6.45) is 14.3. The molecule has 1 nitrogen and oxygen atoms in total. The summed E-state index contributed by atoms with van der Waals surface area (Å²) in [4.78, 5) is 4.79. The Hall–Kier alpha value is -2.15. The summed E-state index contributed by atoms with van der Waals surface area (Å²) in [5.41, 5.74) is 2.62. The Labute approximate surface area is 145 Å². The topological polar surface area (TPSA) is 12.9 Å². The van der Waals surface area contributed by atoms with Gasteiger partial charge in [-0.2, -0.15) is 0 Å². The van der Waals surface area contributed by atoms with E-state index >= 15 is 0 Å². The van der Waals surface area contributed by atoms with E-state index in [9.17, 15) is 0 Å². The molecule has 0 amide bonds. The first-order valence-corrected chi connectivity index (χ1v) is 8.92. The van der Waals surface area contributed by atoms with Crippen molar-refractivity contribution in [3.63, 3.8) is 0 Å². The van der Waals surface area contributed by atoms with Crippen LogP contribution in [0.4, 0.5) is 0 Å². The zero-order valence-corrected chi connectivity index (χ0v) is 15.2. The highest BCUT2D eigenvalue weighted by Gasteiger charge is 2.38. The van der Waals surface area contributed by atoms with E-state index in [-0.39, 0.29) is 5.41 Å². The smallest absolute Gasteiger partial charge is 0.0743 e. The summed E-state index contributed by atoms with van der Waals surface area (Å²) in [7, 11) is 0. The van der Waals surface area contributed by atoms with Gasteiger partial charge in [-0.1, -0.05) is 75.4 Å². The second kappa shape index (κ2) is 6.76. The van der Waals surface area contributed by atoms with Crippen LogP contribution in [0.25, 0.3) is 16.3 Å². The number of pyridine rings is 1. The van der Waals surface area contributed by atoms with Gasteiger partial charge in [0.05, 0.1) is 5.69 Å². The van der Waals surface area contributed by atoms with Crippen LogP contribution >= 0.6 is 0 Å². The third-order valence-electron chi connectivity index (χ3n) is 5.63. The Morgan fingerprint density at radius 2 is 2.00 bits per heavy atom. The highest BCUT2D eigenvalue weighted by atomic mass is 14.7. The maximum atomic E-state index is 4.79. The lowest BCUT2D eigenvalue weighted by molar-refractivity contribution is 0.222. The van der Waals surface area contributed by atoms with Crippen LogP contribution in [0.15, 0.2) is 66.9 Å². The summed E-state index contributed by atoms with van der Waals surface area (Å²) >= 11 is 0. The van der Waals surface area contributed by atoms with Crippen LogP contribution in [0, 0.1) is 17.3 Å². The first-order chi connectivity index (χ1) is 11.6. The SMILES string of the molecule is CC=CC(C)(C(C)C)C1CC=CC=C1c1nccc2ccccc12. The van der Waals surface area contributed by atoms with Gasteiger partial charge in [0, 0.05) is 11.6 Å². The summed E-state index contributed by atoms with van der Waals surface area (Å²) in [6, 6.07) is 10.7. The van der Waals surface area contributed by atoms with E-state index in [2.05, 4.69) is 88.4 Å². The molecule has 0 radical (unpaired) electrons. The van der Waals surface area contributed by atoms with Gasteiger partial charge >= 0.3 is 0 Å². The highest BCUT2D eigenvalue weighted by molar-refractivity contribution is 5.93. The fourth-order valence-corrected chi connectivity index (χ4v) is 3.88. The molecule has 0 fully saturated rings. The van der Waals surface area contributed by atoms with Crippen molar-refractivity contribution in [3.8, 4) is 0 Å². The van der Waals surface area contributed by atoms with Crippen molar-refractivity contribution in [1.29, 1.82) is 0 Å². The molecule has 0 saturated carbocycles. The number of fused-ring (bicyclic) bond motifs is 1. The molecule has 124 valence electrons. The number of rotatable bonds is 4. The maximum absolute atomic E-state index is 4.79. The van der Waals surface area contributed by atoms with Crippen LogP contribution in [0.2, 0.25) is 0 Å². The molecule has 1 heteroatoms. The van der Waals surface area contributed by atoms with E-state index in [1.165, 1.54) is 16.3 Å². The van der Waals surface area contributed by atoms with E-state index in [4.69, 9.17) is 4.98 Å². The number of benzene rings is 1. The van der Waals surface area contributed by atoms with Gasteiger partial charge in [-0.3, -0.25) is 4.98 Å². The standard InChI is InChI=1S/C23H27N/c1-5-15-23(4,17(2)3)21-13-9-8-12-20(21)22-19-11-7-6-10-18(19)14-16-24-22/h5-12,14-17,21H,13H2,1-4H3. The summed E-state index contributed by atoms with van der Waals surface area (Å²) in [5.74, 6) is 1.00. The molecule has 1 aromatic heterocycles. The van der Waals surface area contributed by atoms with Crippen molar-refractivity contribution < 1.29 is 0 Å². The Kier molecular flexibility index (Phi) is 4.71. The van der Waals surface area contributed by atoms with Crippen LogP contribution in [-0.2, 0) is 0 Å². The average Bonchev–Trinajstić information content (AvgIpc) is 2.61. The molecular formula is C23H27N. The second-order valence-electron chi connectivity index (χ2n) is 7.24. The molecule has 1 aromatic carbocycles. The van der Waals surface area contributed by atoms with Crippen LogP contribution in [0.1, 0.15) is 39.8 Å². The third kappa shape index (κ3) is 2.84. The van der Waals surface area contributed by atoms with E-state index < -0.39 is 0 Å². The first kappa shape index (κ1) is 16.7. The van der Waals surface area contributed by atoms with E-state index in [1.54, 1.807) is 0 Å². The van der Waals surface area contributed by atoms with E-state index in [1.807, 2.05) is 6.20 Å². The van der Waals surface area contributed by atoms with E-state index in [0.717, 1.165) is 12.1 Å². The fourth-order valence-electron chi connectivity index (χ4n) is 3.88. The van der Waals surface area contributed by atoms with Gasteiger partial charge in [0.25, 0.3) is 0 Å². The zero-order chi connectivity index (χ0) is 17.2. The molecule has 0 saturated heterocycles. The van der Waals surface area contributed by atoms with Crippen molar-refractivity contribution in [2.75, 3.05) is 0 Å². The van der Waals surface area contributed by atoms with Crippen LogP contribution < -0.4 is 0 Å². The number of hydrogen-bond acceptors (Lipinski definition) is 1. The van der Waals surface area contributed by atoms with Gasteiger partial charge in [0.1, 0.15) is 0 Å². The Morgan fingerprint density at radius 3 is 2.75 bits per heavy atom. The minimum atomic E-state index is 0.115. The summed E-state index contributed by atoms with van der Waals surface area (Å²) in [6.45, 7) is 9.16. The molecular weight excluding hydrogens is 290 g/mol. The Bertz CT molecular complexity index is 804. The predicted octanol–water partition coefficient (Wildman–Crippen LogP) is 6.43. The summed E-state index contributed by atoms with van der Waals surface area (Å²) < 4.78 is 0. The predicted molar refractivity (Wildman–Crippen MR) is 105 cm³/mol. The maximum Gasteiger partial charge on any atom is 0.0743 e. The molecule has 1 aliphatic rings. The van der Waals surface area contributed by atoms with Crippen molar-refractivity contribution in [2.24, 2.45) is 17.3 Å². The van der Waals surface area contributed by atoms with Gasteiger partial charge in [-0.05, 0) is 47.6 Å². The number of aromatic nitrogens is 1. The molecule has 1 heterocycles. The second-order valence-corrected chi connectivity index (χ2v) is 7.24. The lowest BCUT2D eigenvalue weighted by Gasteiger charge is -2.41. The van der Waals surface area contributed by atoms with Gasteiger partial charge in [-0.15, -0.1) is 0 Å². The normalized spacial score (nSPS) is 20.5. The van der Waals surface area contributed by atoms with Crippen molar-refractivity contribution in [3.05, 3.63) is 72.6 Å². The molecule has 0 spiro atoms. The van der Waals surface area contributed by atoms with Gasteiger partial charge < -0.3 is 0 Å². The minimum absolute atomic E-state index is 0.115. The lowest BCUT2D eigenvalue weighted by atomic mass is 9.63. The van der Waals surface area contributed by atoms with Crippen LogP contribution in [0.5, 0.6) is 0 Å². The van der Waals surface area contributed by atoms with Gasteiger partial charge in [-0.25, -0.2) is 0 Å². The minimum Gasteiger partial charge on any atom is -0.256 e. The molecule has 2 aromatic rings. The van der Waals surface area contributed by atoms with Gasteiger partial charge in [0.2, 0.25) is 0 Å². The molecule has 0 N–H and O–H groups in total. The molecule has 0 bridgehead atoms. The van der Waals surface area contributed by atoms with E-state index in [0.29, 0.717) is 11.8 Å². The van der Waals surface area contributed by atoms with Crippen molar-refractivity contribution in [2.45, 2.75) is 34.1 Å². The Morgan fingerprint density at radius 1 is 1.21 bits per heavy atom. The molecule has 3 rings (SSSR count). The number of allylic oxidation sites excluding steroid dienone is 6. The molecule has 1 aliphatic carbocycles. The van der Waals surface area contributed by atoms with Crippen molar-refractivity contribution in [1.82, 2.24) is 4.98 Å². The monoisotopic (exact) mass is 317 g/mol. The van der Waals surface area contributed by atoms with Gasteiger partial charge in [0.15, 0.2) is 0 Å². The molecule has 0 aliphatic heterocycles. The molecule has 2 unspecified atom stereocenters. The highest BCUT2D eigenvalue weighted by Crippen LogP contribution is 2.48. The first-order valence-electron chi connectivity index (χ1n) is 8.92. The Balaban J connectivity index is 2.17. The quantitative estimate of drug-likeness (QED) is 0.592. The van der Waals surface area contributed by atoms with Crippen molar-refractivity contribution >= 4 is 16.3 Å². The number of hydrogen-bond donors (Lipinski definition) is 0. The lowest BCUT2D eigenvalue weighted by Crippen LogP contribution is -2.32. The largest absolute Gasteiger partial charge is 0.256 e. The van der Waals surface area contributed by atoms with Crippen LogP contribution in [0.3, 0.4) is 0 Å². The zero-order valence-electron chi connectivity index (χ0n) is 15.2. The fraction of sp³-hybridized carbons (Fsp3) is 0.348.